The molecule has 0 saturated heterocycles. The number of rotatable bonds is 7. The van der Waals surface area contributed by atoms with Gasteiger partial charge in [0.1, 0.15) is 0 Å². The van der Waals surface area contributed by atoms with Gasteiger partial charge in [-0.2, -0.15) is 0 Å². The lowest BCUT2D eigenvalue weighted by Crippen LogP contribution is -2.11. The molecule has 0 spiro atoms. The van der Waals surface area contributed by atoms with Gasteiger partial charge in [-0.1, -0.05) is 29.5 Å². The highest BCUT2D eigenvalue weighted by Gasteiger charge is 2.18. The van der Waals surface area contributed by atoms with Crippen LogP contribution in [-0.4, -0.2) is 44.9 Å². The Morgan fingerprint density at radius 3 is 2.52 bits per heavy atom. The molecule has 0 aliphatic heterocycles. The molecule has 112 valence electrons. The maximum atomic E-state index is 11.1. The van der Waals surface area contributed by atoms with Gasteiger partial charge in [-0.25, -0.2) is 9.48 Å². The van der Waals surface area contributed by atoms with Crippen molar-refractivity contribution in [2.75, 3.05) is 13.7 Å². The summed E-state index contributed by atoms with van der Waals surface area (Å²) in [4.78, 5) is 11.1. The molecule has 1 aromatic carbocycles. The Labute approximate surface area is 121 Å². The molecule has 7 heteroatoms. The zero-order valence-corrected chi connectivity index (χ0v) is 11.7. The number of aliphatic hydroxyl groups excluding tert-OH is 1. The van der Waals surface area contributed by atoms with Crippen molar-refractivity contribution in [3.63, 3.8) is 0 Å². The number of carboxylic acid groups (broad SMARTS) is 1. The highest BCUT2D eigenvalue weighted by molar-refractivity contribution is 5.86. The second-order valence-corrected chi connectivity index (χ2v) is 4.56. The van der Waals surface area contributed by atoms with E-state index in [1.165, 1.54) is 0 Å². The lowest BCUT2D eigenvalue weighted by molar-refractivity contribution is 0.0688. The zero-order valence-electron chi connectivity index (χ0n) is 11.7. The second kappa shape index (κ2) is 6.96. The van der Waals surface area contributed by atoms with Gasteiger partial charge in [-0.3, -0.25) is 0 Å². The molecule has 0 unspecified atom stereocenters. The van der Waals surface area contributed by atoms with Crippen LogP contribution in [0, 0.1) is 0 Å². The maximum Gasteiger partial charge on any atom is 0.358 e. The minimum absolute atomic E-state index is 0.00808. The summed E-state index contributed by atoms with van der Waals surface area (Å²) >= 11 is 0. The van der Waals surface area contributed by atoms with Crippen LogP contribution in [0.15, 0.2) is 24.3 Å². The van der Waals surface area contributed by atoms with E-state index in [2.05, 4.69) is 10.3 Å². The minimum Gasteiger partial charge on any atom is -0.476 e. The van der Waals surface area contributed by atoms with Crippen LogP contribution in [0.5, 0.6) is 0 Å². The Bertz CT molecular complexity index is 607. The van der Waals surface area contributed by atoms with Crippen molar-refractivity contribution in [1.29, 1.82) is 0 Å². The third-order valence-corrected chi connectivity index (χ3v) is 3.12. The molecule has 2 rings (SSSR count). The molecule has 0 fully saturated rings. The normalized spacial score (nSPS) is 10.8. The number of carbonyl (C=O) groups is 1. The maximum absolute atomic E-state index is 11.1. The predicted molar refractivity (Wildman–Crippen MR) is 74.0 cm³/mol. The van der Waals surface area contributed by atoms with E-state index < -0.39 is 5.97 Å². The lowest BCUT2D eigenvalue weighted by atomic mass is 10.1. The van der Waals surface area contributed by atoms with Crippen LogP contribution in [0.3, 0.4) is 0 Å². The van der Waals surface area contributed by atoms with Crippen molar-refractivity contribution in [1.82, 2.24) is 15.0 Å². The van der Waals surface area contributed by atoms with E-state index in [-0.39, 0.29) is 12.3 Å². The lowest BCUT2D eigenvalue weighted by Gasteiger charge is -2.07. The van der Waals surface area contributed by atoms with Gasteiger partial charge >= 0.3 is 5.97 Å². The molecule has 0 saturated carbocycles. The molecular formula is C14H17N3O4. The van der Waals surface area contributed by atoms with Crippen molar-refractivity contribution < 1.29 is 19.7 Å². The van der Waals surface area contributed by atoms with E-state index in [4.69, 9.17) is 14.9 Å². The van der Waals surface area contributed by atoms with E-state index >= 15 is 0 Å². The predicted octanol–water partition coefficient (Wildman–Crippen LogP) is 0.706. The summed E-state index contributed by atoms with van der Waals surface area (Å²) < 4.78 is 6.56. The number of methoxy groups -OCH3 is 1. The Hall–Kier alpha value is -2.25. The Kier molecular flexibility index (Phi) is 5.02. The molecule has 2 aromatic rings. The summed E-state index contributed by atoms with van der Waals surface area (Å²) in [6, 6.07) is 7.37. The first-order valence-corrected chi connectivity index (χ1v) is 6.49. The Balaban J connectivity index is 2.23. The van der Waals surface area contributed by atoms with Crippen LogP contribution < -0.4 is 0 Å². The number of hydrogen-bond acceptors (Lipinski definition) is 5. The number of hydrogen-bond donors (Lipinski definition) is 2. The number of nitrogens with zero attached hydrogens (tertiary/aromatic N) is 3. The highest BCUT2D eigenvalue weighted by atomic mass is 16.5. The summed E-state index contributed by atoms with van der Waals surface area (Å²) in [5.74, 6) is -1.09. The zero-order chi connectivity index (χ0) is 15.2. The van der Waals surface area contributed by atoms with E-state index in [0.29, 0.717) is 25.3 Å². The molecule has 0 radical (unpaired) electrons. The van der Waals surface area contributed by atoms with E-state index in [9.17, 15) is 4.79 Å². The van der Waals surface area contributed by atoms with Crippen molar-refractivity contribution in [2.45, 2.75) is 19.6 Å². The molecule has 7 nitrogen and oxygen atoms in total. The summed E-state index contributed by atoms with van der Waals surface area (Å²) in [5, 5.41) is 25.8. The van der Waals surface area contributed by atoms with Crippen LogP contribution >= 0.6 is 0 Å². The molecule has 0 bridgehead atoms. The van der Waals surface area contributed by atoms with Crippen molar-refractivity contribution in [3.05, 3.63) is 46.8 Å². The fourth-order valence-corrected chi connectivity index (χ4v) is 2.00. The summed E-state index contributed by atoms with van der Waals surface area (Å²) in [7, 11) is 1.56. The SMILES string of the molecule is COCCc1c(C(=O)O)nnn1Cc1ccc(CO)cc1. The third kappa shape index (κ3) is 3.65. The monoisotopic (exact) mass is 291 g/mol. The number of carboxylic acids is 1. The van der Waals surface area contributed by atoms with Crippen LogP contribution in [0.1, 0.15) is 27.3 Å². The quantitative estimate of drug-likeness (QED) is 0.779. The first-order chi connectivity index (χ1) is 10.2. The topological polar surface area (TPSA) is 97.5 Å². The van der Waals surface area contributed by atoms with Crippen LogP contribution in [0.25, 0.3) is 0 Å². The van der Waals surface area contributed by atoms with Crippen LogP contribution in [0.4, 0.5) is 0 Å². The van der Waals surface area contributed by atoms with Gasteiger partial charge in [-0.15, -0.1) is 5.10 Å². The van der Waals surface area contributed by atoms with Gasteiger partial charge in [0.2, 0.25) is 0 Å². The fourth-order valence-electron chi connectivity index (χ4n) is 2.00. The van der Waals surface area contributed by atoms with Gasteiger partial charge in [0.15, 0.2) is 5.69 Å². The largest absolute Gasteiger partial charge is 0.476 e. The molecule has 0 atom stereocenters. The van der Waals surface area contributed by atoms with Crippen molar-refractivity contribution in [3.8, 4) is 0 Å². The van der Waals surface area contributed by atoms with Gasteiger partial charge in [0.05, 0.1) is 25.5 Å². The number of benzene rings is 1. The minimum atomic E-state index is -1.09. The Morgan fingerprint density at radius 1 is 1.29 bits per heavy atom. The molecule has 1 aromatic heterocycles. The third-order valence-electron chi connectivity index (χ3n) is 3.12. The van der Waals surface area contributed by atoms with Crippen molar-refractivity contribution >= 4 is 5.97 Å². The standard InChI is InChI=1S/C14H17N3O4/c1-21-7-6-12-13(14(19)20)15-16-17(12)8-10-2-4-11(9-18)5-3-10/h2-5,18H,6-9H2,1H3,(H,19,20). The smallest absolute Gasteiger partial charge is 0.358 e. The highest BCUT2D eigenvalue weighted by Crippen LogP contribution is 2.11. The first kappa shape index (κ1) is 15.1. The molecule has 1 heterocycles. The average molecular weight is 291 g/mol. The molecule has 21 heavy (non-hydrogen) atoms. The Morgan fingerprint density at radius 2 is 1.95 bits per heavy atom. The van der Waals surface area contributed by atoms with Gasteiger partial charge < -0.3 is 14.9 Å². The number of aromatic nitrogens is 3. The first-order valence-electron chi connectivity index (χ1n) is 6.49. The van der Waals surface area contributed by atoms with E-state index in [1.54, 1.807) is 11.8 Å². The van der Waals surface area contributed by atoms with Crippen molar-refractivity contribution in [2.24, 2.45) is 0 Å². The molecule has 2 N–H and O–H groups in total. The van der Waals surface area contributed by atoms with Crippen LogP contribution in [0.2, 0.25) is 0 Å². The van der Waals surface area contributed by atoms with E-state index in [1.807, 2.05) is 24.3 Å². The molecular weight excluding hydrogens is 274 g/mol. The average Bonchev–Trinajstić information content (AvgIpc) is 2.89. The summed E-state index contributed by atoms with van der Waals surface area (Å²) in [6.07, 6.45) is 0.430. The molecule has 0 aliphatic rings. The summed E-state index contributed by atoms with van der Waals surface area (Å²) in [6.45, 7) is 0.813. The summed E-state index contributed by atoms with van der Waals surface area (Å²) in [5.41, 5.74) is 2.27. The fraction of sp³-hybridized carbons (Fsp3) is 0.357. The molecule has 0 aliphatic carbocycles. The second-order valence-electron chi connectivity index (χ2n) is 4.56. The number of ether oxygens (including phenoxy) is 1. The molecule has 0 amide bonds. The number of aromatic carboxylic acids is 1. The van der Waals surface area contributed by atoms with Gasteiger partial charge in [0, 0.05) is 13.5 Å². The number of aliphatic hydroxyl groups is 1. The van der Waals surface area contributed by atoms with Gasteiger partial charge in [-0.05, 0) is 11.1 Å². The van der Waals surface area contributed by atoms with E-state index in [0.717, 1.165) is 11.1 Å². The van der Waals surface area contributed by atoms with Gasteiger partial charge in [0.25, 0.3) is 0 Å². The van der Waals surface area contributed by atoms with Crippen LogP contribution in [-0.2, 0) is 24.3 Å².